The summed E-state index contributed by atoms with van der Waals surface area (Å²) in [6.07, 6.45) is 0. The average molecular weight is 405 g/mol. The quantitative estimate of drug-likeness (QED) is 0.397. The molecular formula is C21H15BrN3O+. The average Bonchev–Trinajstić information content (AvgIpc) is 2.97. The first-order valence-electron chi connectivity index (χ1n) is 8.48. The number of halogens is 1. The van der Waals surface area contributed by atoms with E-state index in [-0.39, 0.29) is 17.3 Å². The van der Waals surface area contributed by atoms with E-state index < -0.39 is 0 Å². The molecule has 126 valence electrons. The van der Waals surface area contributed by atoms with E-state index in [4.69, 9.17) is 4.99 Å². The van der Waals surface area contributed by atoms with E-state index in [1.807, 2.05) is 29.8 Å². The van der Waals surface area contributed by atoms with Crippen LogP contribution in [-0.4, -0.2) is 21.6 Å². The Morgan fingerprint density at radius 2 is 2.00 bits per heavy atom. The predicted molar refractivity (Wildman–Crippen MR) is 105 cm³/mol. The van der Waals surface area contributed by atoms with Gasteiger partial charge in [-0.05, 0) is 23.9 Å². The molecule has 2 aliphatic rings. The van der Waals surface area contributed by atoms with Crippen molar-refractivity contribution < 1.29 is 9.49 Å². The molecule has 0 aromatic heterocycles. The predicted octanol–water partition coefficient (Wildman–Crippen LogP) is 5.36. The zero-order valence-corrected chi connectivity index (χ0v) is 15.7. The lowest BCUT2D eigenvalue weighted by Gasteiger charge is -2.16. The molecule has 0 fully saturated rings. The van der Waals surface area contributed by atoms with Crippen molar-refractivity contribution in [2.24, 2.45) is 10.1 Å². The molecule has 3 aromatic rings. The minimum absolute atomic E-state index is 0.172. The van der Waals surface area contributed by atoms with Crippen molar-refractivity contribution in [3.8, 4) is 0 Å². The Bertz CT molecular complexity index is 1160. The SMILES string of the molecule is Cc1ccc2c(c1)N=C1c3cccc4cccc(c34)C1[N+]2=NC(=O)CBr. The number of carbonyl (C=O) groups excluding carboxylic acids is 1. The van der Waals surface area contributed by atoms with Crippen LogP contribution in [0.4, 0.5) is 11.4 Å². The number of benzene rings is 3. The number of aliphatic imine (C=N–C) groups is 1. The summed E-state index contributed by atoms with van der Waals surface area (Å²) in [7, 11) is 0. The highest BCUT2D eigenvalue weighted by atomic mass is 79.9. The number of nitrogens with zero attached hydrogens (tertiary/aromatic N) is 3. The number of hydrogen-bond acceptors (Lipinski definition) is 2. The molecule has 5 heteroatoms. The minimum Gasteiger partial charge on any atom is -0.265 e. The molecule has 0 saturated heterocycles. The molecule has 0 saturated carbocycles. The van der Waals surface area contributed by atoms with Crippen molar-refractivity contribution in [1.29, 1.82) is 0 Å². The van der Waals surface area contributed by atoms with E-state index in [9.17, 15) is 4.79 Å². The van der Waals surface area contributed by atoms with Crippen LogP contribution in [0.25, 0.3) is 10.8 Å². The highest BCUT2D eigenvalue weighted by Gasteiger charge is 2.45. The second-order valence-corrected chi connectivity index (χ2v) is 7.18. The number of rotatable bonds is 1. The molecule has 3 aromatic carbocycles. The normalized spacial score (nSPS) is 18.6. The molecule has 1 amide bonds. The molecule has 0 N–H and O–H groups in total. The molecule has 1 heterocycles. The van der Waals surface area contributed by atoms with Crippen LogP contribution >= 0.6 is 15.9 Å². The smallest absolute Gasteiger partial charge is 0.265 e. The molecule has 1 aliphatic carbocycles. The molecule has 0 bridgehead atoms. The molecule has 5 rings (SSSR count). The van der Waals surface area contributed by atoms with Gasteiger partial charge in [0.15, 0.2) is 0 Å². The van der Waals surface area contributed by atoms with Gasteiger partial charge < -0.3 is 0 Å². The molecule has 0 spiro atoms. The van der Waals surface area contributed by atoms with E-state index in [1.165, 1.54) is 10.8 Å². The maximum absolute atomic E-state index is 12.2. The van der Waals surface area contributed by atoms with E-state index in [1.54, 1.807) is 0 Å². The summed E-state index contributed by atoms with van der Waals surface area (Å²) in [5.74, 6) is -0.207. The van der Waals surface area contributed by atoms with Crippen LogP contribution in [0.15, 0.2) is 64.7 Å². The van der Waals surface area contributed by atoms with Gasteiger partial charge in [-0.15, -0.1) is 0 Å². The van der Waals surface area contributed by atoms with E-state index in [2.05, 4.69) is 57.4 Å². The fourth-order valence-corrected chi connectivity index (χ4v) is 4.03. The summed E-state index contributed by atoms with van der Waals surface area (Å²) in [5.41, 5.74) is 6.08. The maximum Gasteiger partial charge on any atom is 0.319 e. The number of aryl methyl sites for hydroxylation is 1. The highest BCUT2D eigenvalue weighted by molar-refractivity contribution is 9.09. The van der Waals surface area contributed by atoms with Gasteiger partial charge in [0.25, 0.3) is 11.7 Å². The number of carbonyl (C=O) groups is 1. The second kappa shape index (κ2) is 5.68. The van der Waals surface area contributed by atoms with Gasteiger partial charge in [-0.1, -0.05) is 63.1 Å². The topological polar surface area (TPSA) is 44.8 Å². The van der Waals surface area contributed by atoms with E-state index in [0.29, 0.717) is 0 Å². The number of amides is 1. The molecule has 26 heavy (non-hydrogen) atoms. The summed E-state index contributed by atoms with van der Waals surface area (Å²) in [5, 5.41) is 6.99. The van der Waals surface area contributed by atoms with Crippen LogP contribution in [0.5, 0.6) is 0 Å². The standard InChI is InChI=1S/C21H15BrN3O/c1-12-8-9-17-16(10-12)23-20-14-6-2-4-13-5-3-7-15(19(13)14)21(20)25(17)24-18(26)11-22/h2-10,21H,11H2,1H3/q+1. The fourth-order valence-electron chi connectivity index (χ4n) is 3.92. The van der Waals surface area contributed by atoms with Crippen molar-refractivity contribution in [3.63, 3.8) is 0 Å². The molecule has 0 radical (unpaired) electrons. The van der Waals surface area contributed by atoms with Gasteiger partial charge in [-0.3, -0.25) is 4.79 Å². The number of fused-ring (bicyclic) bond motifs is 4. The van der Waals surface area contributed by atoms with Gasteiger partial charge in [0.05, 0.1) is 5.33 Å². The lowest BCUT2D eigenvalue weighted by atomic mass is 10.0. The van der Waals surface area contributed by atoms with Crippen molar-refractivity contribution in [2.45, 2.75) is 13.0 Å². The first-order valence-corrected chi connectivity index (χ1v) is 9.60. The fraction of sp³-hybridized carbons (Fsp3) is 0.143. The molecule has 1 atom stereocenters. The largest absolute Gasteiger partial charge is 0.319 e. The summed E-state index contributed by atoms with van der Waals surface area (Å²) in [6, 6.07) is 18.5. The zero-order chi connectivity index (χ0) is 17.8. The van der Waals surface area contributed by atoms with Crippen molar-refractivity contribution in [2.75, 3.05) is 5.33 Å². The van der Waals surface area contributed by atoms with Gasteiger partial charge in [0.1, 0.15) is 11.4 Å². The molecule has 1 unspecified atom stereocenters. The summed E-state index contributed by atoms with van der Waals surface area (Å²) in [6.45, 7) is 2.04. The van der Waals surface area contributed by atoms with Crippen molar-refractivity contribution >= 4 is 49.7 Å². The van der Waals surface area contributed by atoms with Gasteiger partial charge in [-0.2, -0.15) is 0 Å². The number of azo groups is 2. The Kier molecular flexibility index (Phi) is 3.40. The Morgan fingerprint density at radius 1 is 1.19 bits per heavy atom. The number of alkyl halides is 1. The van der Waals surface area contributed by atoms with Gasteiger partial charge >= 0.3 is 5.91 Å². The first-order chi connectivity index (χ1) is 12.7. The Balaban J connectivity index is 1.87. The van der Waals surface area contributed by atoms with E-state index >= 15 is 0 Å². The third kappa shape index (κ3) is 2.13. The molecule has 1 aliphatic heterocycles. The Labute approximate surface area is 159 Å². The number of hydrogen-bond donors (Lipinski definition) is 0. The summed E-state index contributed by atoms with van der Waals surface area (Å²) < 4.78 is 1.84. The van der Waals surface area contributed by atoms with Gasteiger partial charge in [-0.25, -0.2) is 4.99 Å². The van der Waals surface area contributed by atoms with Crippen LogP contribution in [0.1, 0.15) is 22.7 Å². The lowest BCUT2D eigenvalue weighted by Crippen LogP contribution is -2.23. The lowest BCUT2D eigenvalue weighted by molar-refractivity contribution is -0.535. The maximum atomic E-state index is 12.2. The third-order valence-corrected chi connectivity index (χ3v) is 5.44. The van der Waals surface area contributed by atoms with Crippen LogP contribution in [-0.2, 0) is 4.79 Å². The molecular weight excluding hydrogens is 390 g/mol. The Morgan fingerprint density at radius 3 is 2.81 bits per heavy atom. The third-order valence-electron chi connectivity index (χ3n) is 4.96. The first kappa shape index (κ1) is 15.6. The van der Waals surface area contributed by atoms with Crippen molar-refractivity contribution in [3.05, 3.63) is 71.3 Å². The zero-order valence-electron chi connectivity index (χ0n) is 14.1. The van der Waals surface area contributed by atoms with Crippen LogP contribution in [0.3, 0.4) is 0 Å². The van der Waals surface area contributed by atoms with Gasteiger partial charge in [0, 0.05) is 27.7 Å². The Hall–Kier alpha value is -2.66. The van der Waals surface area contributed by atoms with E-state index in [0.717, 1.165) is 33.8 Å². The minimum atomic E-state index is -0.207. The molecule has 4 nitrogen and oxygen atoms in total. The monoisotopic (exact) mass is 404 g/mol. The summed E-state index contributed by atoms with van der Waals surface area (Å²) >= 11 is 3.22. The van der Waals surface area contributed by atoms with Crippen LogP contribution in [0.2, 0.25) is 0 Å². The summed E-state index contributed by atoms with van der Waals surface area (Å²) in [4.78, 5) is 17.1. The van der Waals surface area contributed by atoms with Crippen molar-refractivity contribution in [1.82, 2.24) is 0 Å². The van der Waals surface area contributed by atoms with Crippen LogP contribution in [0, 0.1) is 6.92 Å². The van der Waals surface area contributed by atoms with Crippen LogP contribution < -0.4 is 0 Å². The van der Waals surface area contributed by atoms with Gasteiger partial charge in [0.2, 0.25) is 0 Å². The second-order valence-electron chi connectivity index (χ2n) is 6.61. The highest BCUT2D eigenvalue weighted by Crippen LogP contribution is 2.47.